The van der Waals surface area contributed by atoms with Crippen molar-refractivity contribution in [3.05, 3.63) is 34.4 Å². The first kappa shape index (κ1) is 18.2. The third kappa shape index (κ3) is 4.04. The smallest absolute Gasteiger partial charge is 0.222 e. The number of carbonyl (C=O) groups excluding carboxylic acids is 1. The van der Waals surface area contributed by atoms with Crippen LogP contribution >= 0.6 is 0 Å². The van der Waals surface area contributed by atoms with Crippen LogP contribution in [0.5, 0.6) is 0 Å². The van der Waals surface area contributed by atoms with Gasteiger partial charge in [0.1, 0.15) is 0 Å². The Morgan fingerprint density at radius 3 is 2.50 bits per heavy atom. The zero-order chi connectivity index (χ0) is 18.1. The Balaban J connectivity index is 1.94. The largest absolute Gasteiger partial charge is 0.340 e. The number of carbonyl (C=O) groups is 1. The zero-order valence-electron chi connectivity index (χ0n) is 15.9. The summed E-state index contributed by atoms with van der Waals surface area (Å²) < 4.78 is 1.87. The number of aromatic nitrogens is 4. The molecule has 6 heteroatoms. The van der Waals surface area contributed by atoms with E-state index in [2.05, 4.69) is 36.1 Å². The SMILES string of the molecule is Cc1nn(C)c(C)c1CCC(=O)N(C)Cc1cc(C(C)(C)C)n[nH]1. The third-order valence-electron chi connectivity index (χ3n) is 4.48. The van der Waals surface area contributed by atoms with Gasteiger partial charge in [0.25, 0.3) is 0 Å². The van der Waals surface area contributed by atoms with Crippen molar-refractivity contribution in [3.8, 4) is 0 Å². The number of rotatable bonds is 5. The van der Waals surface area contributed by atoms with Gasteiger partial charge in [-0.05, 0) is 31.9 Å². The van der Waals surface area contributed by atoms with Crippen LogP contribution in [0.1, 0.15) is 55.5 Å². The molecule has 2 aromatic heterocycles. The zero-order valence-corrected chi connectivity index (χ0v) is 15.9. The summed E-state index contributed by atoms with van der Waals surface area (Å²) in [5.74, 6) is 0.129. The number of aromatic amines is 1. The molecule has 0 radical (unpaired) electrons. The molecule has 0 bridgehead atoms. The fourth-order valence-corrected chi connectivity index (χ4v) is 2.77. The highest BCUT2D eigenvalue weighted by atomic mass is 16.2. The van der Waals surface area contributed by atoms with Crippen LogP contribution in [0.25, 0.3) is 0 Å². The fourth-order valence-electron chi connectivity index (χ4n) is 2.77. The van der Waals surface area contributed by atoms with Gasteiger partial charge in [-0.15, -0.1) is 0 Å². The summed E-state index contributed by atoms with van der Waals surface area (Å²) >= 11 is 0. The summed E-state index contributed by atoms with van der Waals surface area (Å²) in [5, 5.41) is 11.8. The number of H-pyrrole nitrogens is 1. The second-order valence-corrected chi connectivity index (χ2v) is 7.55. The van der Waals surface area contributed by atoms with Gasteiger partial charge in [0.2, 0.25) is 5.91 Å². The lowest BCUT2D eigenvalue weighted by Crippen LogP contribution is -2.26. The van der Waals surface area contributed by atoms with Crippen molar-refractivity contribution >= 4 is 5.91 Å². The molecule has 0 saturated heterocycles. The van der Waals surface area contributed by atoms with Crippen LogP contribution in [0.4, 0.5) is 0 Å². The molecule has 0 spiro atoms. The average Bonchev–Trinajstić information content (AvgIpc) is 3.03. The molecule has 0 aliphatic carbocycles. The van der Waals surface area contributed by atoms with Crippen LogP contribution < -0.4 is 0 Å². The van der Waals surface area contributed by atoms with E-state index in [1.807, 2.05) is 38.7 Å². The van der Waals surface area contributed by atoms with Crippen LogP contribution in [-0.2, 0) is 30.2 Å². The molecule has 0 aliphatic heterocycles. The number of amides is 1. The molecular formula is C18H29N5O. The normalized spacial score (nSPS) is 11.8. The predicted molar refractivity (Wildman–Crippen MR) is 94.8 cm³/mol. The van der Waals surface area contributed by atoms with E-state index in [0.29, 0.717) is 13.0 Å². The van der Waals surface area contributed by atoms with Crippen molar-refractivity contribution in [1.29, 1.82) is 0 Å². The van der Waals surface area contributed by atoms with E-state index >= 15 is 0 Å². The Morgan fingerprint density at radius 1 is 1.33 bits per heavy atom. The molecule has 2 aromatic rings. The fraction of sp³-hybridized carbons (Fsp3) is 0.611. The van der Waals surface area contributed by atoms with E-state index in [1.54, 1.807) is 4.90 Å². The first-order chi connectivity index (χ1) is 11.1. The highest BCUT2D eigenvalue weighted by Gasteiger charge is 2.19. The summed E-state index contributed by atoms with van der Waals surface area (Å²) in [4.78, 5) is 14.2. The van der Waals surface area contributed by atoms with E-state index in [1.165, 1.54) is 5.56 Å². The van der Waals surface area contributed by atoms with Crippen LogP contribution in [0, 0.1) is 13.8 Å². The second-order valence-electron chi connectivity index (χ2n) is 7.55. The van der Waals surface area contributed by atoms with Crippen LogP contribution in [0.3, 0.4) is 0 Å². The molecule has 0 fully saturated rings. The molecule has 24 heavy (non-hydrogen) atoms. The van der Waals surface area contributed by atoms with Crippen LogP contribution in [-0.4, -0.2) is 37.8 Å². The lowest BCUT2D eigenvalue weighted by Gasteiger charge is -2.16. The Bertz CT molecular complexity index is 720. The van der Waals surface area contributed by atoms with Crippen molar-refractivity contribution in [2.75, 3.05) is 7.05 Å². The standard InChI is InChI=1S/C18H29N5O/c1-12-15(13(2)23(7)21-12)8-9-17(24)22(6)11-14-10-16(20-19-14)18(3,4)5/h10H,8-9,11H2,1-7H3,(H,19,20). The minimum absolute atomic E-state index is 0.00664. The minimum atomic E-state index is 0.00664. The third-order valence-corrected chi connectivity index (χ3v) is 4.48. The number of nitrogens with one attached hydrogen (secondary N) is 1. The molecule has 0 unspecified atom stereocenters. The molecule has 6 nitrogen and oxygen atoms in total. The van der Waals surface area contributed by atoms with Gasteiger partial charge in [-0.1, -0.05) is 20.8 Å². The van der Waals surface area contributed by atoms with Crippen molar-refractivity contribution < 1.29 is 4.79 Å². The second kappa shape index (κ2) is 6.79. The quantitative estimate of drug-likeness (QED) is 0.916. The Kier molecular flexibility index (Phi) is 5.16. The molecule has 0 aliphatic rings. The topological polar surface area (TPSA) is 66.8 Å². The maximum Gasteiger partial charge on any atom is 0.222 e. The molecule has 1 N–H and O–H groups in total. The van der Waals surface area contributed by atoms with Gasteiger partial charge < -0.3 is 4.90 Å². The Hall–Kier alpha value is -2.11. The molecule has 2 rings (SSSR count). The maximum absolute atomic E-state index is 12.4. The Labute approximate surface area is 144 Å². The van der Waals surface area contributed by atoms with E-state index in [0.717, 1.165) is 29.2 Å². The molecule has 0 aromatic carbocycles. The monoisotopic (exact) mass is 331 g/mol. The molecule has 2 heterocycles. The van der Waals surface area contributed by atoms with E-state index in [4.69, 9.17) is 0 Å². The lowest BCUT2D eigenvalue weighted by atomic mass is 9.92. The summed E-state index contributed by atoms with van der Waals surface area (Å²) in [6.07, 6.45) is 1.22. The molecule has 1 amide bonds. The van der Waals surface area contributed by atoms with Crippen molar-refractivity contribution in [1.82, 2.24) is 24.9 Å². The number of hydrogen-bond donors (Lipinski definition) is 1. The summed E-state index contributed by atoms with van der Waals surface area (Å²) in [7, 11) is 3.77. The van der Waals surface area contributed by atoms with Crippen LogP contribution in [0.2, 0.25) is 0 Å². The molecule has 0 atom stereocenters. The van der Waals surface area contributed by atoms with Gasteiger partial charge in [0, 0.05) is 31.6 Å². The Morgan fingerprint density at radius 2 is 2.00 bits per heavy atom. The van der Waals surface area contributed by atoms with Gasteiger partial charge in [-0.3, -0.25) is 14.6 Å². The lowest BCUT2D eigenvalue weighted by molar-refractivity contribution is -0.130. The van der Waals surface area contributed by atoms with Gasteiger partial charge in [-0.2, -0.15) is 10.2 Å². The molecular weight excluding hydrogens is 302 g/mol. The maximum atomic E-state index is 12.4. The van der Waals surface area contributed by atoms with E-state index in [9.17, 15) is 4.79 Å². The number of aryl methyl sites for hydroxylation is 2. The predicted octanol–water partition coefficient (Wildman–Crippen LogP) is 2.65. The van der Waals surface area contributed by atoms with Gasteiger partial charge >= 0.3 is 0 Å². The number of hydrogen-bond acceptors (Lipinski definition) is 3. The van der Waals surface area contributed by atoms with Gasteiger partial charge in [-0.25, -0.2) is 0 Å². The highest BCUT2D eigenvalue weighted by Crippen LogP contribution is 2.21. The van der Waals surface area contributed by atoms with Gasteiger partial charge in [0.15, 0.2) is 0 Å². The minimum Gasteiger partial charge on any atom is -0.340 e. The number of nitrogens with zero attached hydrogens (tertiary/aromatic N) is 4. The summed E-state index contributed by atoms with van der Waals surface area (Å²) in [6, 6.07) is 2.04. The van der Waals surface area contributed by atoms with E-state index in [-0.39, 0.29) is 11.3 Å². The van der Waals surface area contributed by atoms with Crippen molar-refractivity contribution in [3.63, 3.8) is 0 Å². The molecule has 0 saturated carbocycles. The highest BCUT2D eigenvalue weighted by molar-refractivity contribution is 5.76. The van der Waals surface area contributed by atoms with Crippen molar-refractivity contribution in [2.24, 2.45) is 7.05 Å². The van der Waals surface area contributed by atoms with Crippen molar-refractivity contribution in [2.45, 2.75) is 59.4 Å². The first-order valence-corrected chi connectivity index (χ1v) is 8.37. The molecule has 132 valence electrons. The summed E-state index contributed by atoms with van der Waals surface area (Å²) in [6.45, 7) is 11.0. The van der Waals surface area contributed by atoms with E-state index < -0.39 is 0 Å². The van der Waals surface area contributed by atoms with Gasteiger partial charge in [0.05, 0.1) is 23.6 Å². The summed E-state index contributed by atoms with van der Waals surface area (Å²) in [5.41, 5.74) is 5.30. The first-order valence-electron chi connectivity index (χ1n) is 8.37. The average molecular weight is 331 g/mol. The van der Waals surface area contributed by atoms with Crippen LogP contribution in [0.15, 0.2) is 6.07 Å².